The van der Waals surface area contributed by atoms with Crippen LogP contribution in [-0.2, 0) is 9.59 Å². The van der Waals surface area contributed by atoms with Crippen molar-refractivity contribution in [3.63, 3.8) is 0 Å². The quantitative estimate of drug-likeness (QED) is 0.718. The molecule has 1 unspecified atom stereocenters. The topological polar surface area (TPSA) is 66.4 Å². The number of hydrogen-bond donors (Lipinski definition) is 2. The van der Waals surface area contributed by atoms with Gasteiger partial charge in [0, 0.05) is 12.0 Å². The molecule has 4 heteroatoms. The van der Waals surface area contributed by atoms with Crippen molar-refractivity contribution in [3.8, 4) is 0 Å². The van der Waals surface area contributed by atoms with Crippen molar-refractivity contribution >= 4 is 11.9 Å². The highest BCUT2D eigenvalue weighted by Crippen LogP contribution is 2.28. The Morgan fingerprint density at radius 2 is 2.00 bits per heavy atom. The molecular formula is C13H23NO3. The summed E-state index contributed by atoms with van der Waals surface area (Å²) in [6, 6.07) is 0.0827. The standard InChI is InChI=1S/C13H23NO3/c1-3-5-6-9(4-2)12(15)14-11-7-10(8-11)13(16)17/h9-11H,3-8H2,1-2H3,(H,14,15)(H,16,17). The lowest BCUT2D eigenvalue weighted by molar-refractivity contribution is -0.146. The van der Waals surface area contributed by atoms with Crippen LogP contribution in [0, 0.1) is 11.8 Å². The monoisotopic (exact) mass is 241 g/mol. The second-order valence-corrected chi connectivity index (χ2v) is 4.96. The fraction of sp³-hybridized carbons (Fsp3) is 0.846. The lowest BCUT2D eigenvalue weighted by Crippen LogP contribution is -2.48. The summed E-state index contributed by atoms with van der Waals surface area (Å²) in [6.45, 7) is 4.15. The maximum absolute atomic E-state index is 11.9. The van der Waals surface area contributed by atoms with Crippen molar-refractivity contribution in [3.05, 3.63) is 0 Å². The molecule has 0 aromatic carbocycles. The largest absolute Gasteiger partial charge is 0.481 e. The van der Waals surface area contributed by atoms with Gasteiger partial charge in [-0.3, -0.25) is 9.59 Å². The number of nitrogens with one attached hydrogen (secondary N) is 1. The minimum atomic E-state index is -0.742. The first-order chi connectivity index (χ1) is 8.08. The van der Waals surface area contributed by atoms with Gasteiger partial charge in [0.05, 0.1) is 5.92 Å². The number of rotatable bonds is 7. The first-order valence-electron chi connectivity index (χ1n) is 6.61. The molecule has 1 amide bonds. The van der Waals surface area contributed by atoms with Crippen molar-refractivity contribution in [2.75, 3.05) is 0 Å². The first kappa shape index (κ1) is 14.0. The molecule has 17 heavy (non-hydrogen) atoms. The van der Waals surface area contributed by atoms with E-state index in [9.17, 15) is 9.59 Å². The van der Waals surface area contributed by atoms with Crippen LogP contribution in [-0.4, -0.2) is 23.0 Å². The van der Waals surface area contributed by atoms with Crippen LogP contribution in [0.4, 0.5) is 0 Å². The summed E-state index contributed by atoms with van der Waals surface area (Å²) in [6.07, 6.45) is 5.16. The summed E-state index contributed by atoms with van der Waals surface area (Å²) in [5.74, 6) is -0.793. The molecule has 2 N–H and O–H groups in total. The second-order valence-electron chi connectivity index (χ2n) is 4.96. The molecule has 0 aliphatic heterocycles. The molecule has 98 valence electrons. The SMILES string of the molecule is CCCCC(CC)C(=O)NC1CC(C(=O)O)C1. The average Bonchev–Trinajstić information content (AvgIpc) is 2.23. The number of unbranched alkanes of at least 4 members (excludes halogenated alkanes) is 1. The molecule has 0 aromatic rings. The molecule has 0 spiro atoms. The van der Waals surface area contributed by atoms with Crippen LogP contribution in [0.15, 0.2) is 0 Å². The van der Waals surface area contributed by atoms with Gasteiger partial charge in [-0.2, -0.15) is 0 Å². The maximum Gasteiger partial charge on any atom is 0.306 e. The van der Waals surface area contributed by atoms with Crippen molar-refractivity contribution in [1.82, 2.24) is 5.32 Å². The zero-order valence-electron chi connectivity index (χ0n) is 10.7. The van der Waals surface area contributed by atoms with Crippen LogP contribution in [0.2, 0.25) is 0 Å². The number of aliphatic carboxylic acids is 1. The van der Waals surface area contributed by atoms with Gasteiger partial charge in [0.25, 0.3) is 0 Å². The van der Waals surface area contributed by atoms with Crippen LogP contribution in [0.5, 0.6) is 0 Å². The predicted molar refractivity (Wildman–Crippen MR) is 65.6 cm³/mol. The van der Waals surface area contributed by atoms with E-state index in [0.29, 0.717) is 12.8 Å². The van der Waals surface area contributed by atoms with E-state index in [1.165, 1.54) is 0 Å². The average molecular weight is 241 g/mol. The third-order valence-corrected chi connectivity index (χ3v) is 3.60. The van der Waals surface area contributed by atoms with Gasteiger partial charge in [-0.25, -0.2) is 0 Å². The number of carboxylic acids is 1. The van der Waals surface area contributed by atoms with E-state index in [2.05, 4.69) is 12.2 Å². The first-order valence-corrected chi connectivity index (χ1v) is 6.61. The molecule has 0 aromatic heterocycles. The van der Waals surface area contributed by atoms with E-state index >= 15 is 0 Å². The van der Waals surface area contributed by atoms with E-state index in [0.717, 1.165) is 25.7 Å². The van der Waals surface area contributed by atoms with Crippen molar-refractivity contribution in [2.24, 2.45) is 11.8 Å². The third kappa shape index (κ3) is 4.02. The maximum atomic E-state index is 11.9. The summed E-state index contributed by atoms with van der Waals surface area (Å²) < 4.78 is 0. The predicted octanol–water partition coefficient (Wildman–Crippen LogP) is 2.18. The molecule has 0 bridgehead atoms. The Morgan fingerprint density at radius 3 is 2.47 bits per heavy atom. The Morgan fingerprint density at radius 1 is 1.35 bits per heavy atom. The zero-order valence-corrected chi connectivity index (χ0v) is 10.7. The van der Waals surface area contributed by atoms with E-state index in [4.69, 9.17) is 5.11 Å². The lowest BCUT2D eigenvalue weighted by Gasteiger charge is -2.33. The molecule has 4 nitrogen and oxygen atoms in total. The highest BCUT2D eigenvalue weighted by atomic mass is 16.4. The highest BCUT2D eigenvalue weighted by molar-refractivity contribution is 5.79. The van der Waals surface area contributed by atoms with Crippen LogP contribution in [0.1, 0.15) is 52.4 Å². The molecule has 1 aliphatic carbocycles. The number of carbonyl (C=O) groups excluding carboxylic acids is 1. The molecule has 1 atom stereocenters. The number of carbonyl (C=O) groups is 2. The summed E-state index contributed by atoms with van der Waals surface area (Å²) in [5, 5.41) is 11.7. The van der Waals surface area contributed by atoms with Gasteiger partial charge < -0.3 is 10.4 Å². The van der Waals surface area contributed by atoms with Crippen LogP contribution >= 0.6 is 0 Å². The Bertz CT molecular complexity index is 272. The molecular weight excluding hydrogens is 218 g/mol. The molecule has 0 saturated heterocycles. The van der Waals surface area contributed by atoms with E-state index < -0.39 is 5.97 Å². The fourth-order valence-corrected chi connectivity index (χ4v) is 2.23. The molecule has 1 fully saturated rings. The lowest BCUT2D eigenvalue weighted by atomic mass is 9.80. The normalized spacial score (nSPS) is 24.8. The van der Waals surface area contributed by atoms with Crippen LogP contribution < -0.4 is 5.32 Å². The smallest absolute Gasteiger partial charge is 0.306 e. The Kier molecular flexibility index (Phi) is 5.45. The third-order valence-electron chi connectivity index (χ3n) is 3.60. The van der Waals surface area contributed by atoms with Gasteiger partial charge in [-0.1, -0.05) is 26.7 Å². The van der Waals surface area contributed by atoms with Crippen molar-refractivity contribution in [1.29, 1.82) is 0 Å². The van der Waals surface area contributed by atoms with Gasteiger partial charge in [-0.15, -0.1) is 0 Å². The molecule has 1 rings (SSSR count). The van der Waals surface area contributed by atoms with Gasteiger partial charge in [0.2, 0.25) is 5.91 Å². The zero-order chi connectivity index (χ0) is 12.8. The molecule has 0 heterocycles. The van der Waals surface area contributed by atoms with Gasteiger partial charge in [0.1, 0.15) is 0 Å². The van der Waals surface area contributed by atoms with Crippen molar-refractivity contribution in [2.45, 2.75) is 58.4 Å². The van der Waals surface area contributed by atoms with Crippen LogP contribution in [0.3, 0.4) is 0 Å². The van der Waals surface area contributed by atoms with Crippen molar-refractivity contribution < 1.29 is 14.7 Å². The van der Waals surface area contributed by atoms with Crippen LogP contribution in [0.25, 0.3) is 0 Å². The van der Waals surface area contributed by atoms with E-state index in [1.807, 2.05) is 6.92 Å². The number of hydrogen-bond acceptors (Lipinski definition) is 2. The number of carboxylic acid groups (broad SMARTS) is 1. The Labute approximate surface area is 103 Å². The highest BCUT2D eigenvalue weighted by Gasteiger charge is 2.35. The summed E-state index contributed by atoms with van der Waals surface area (Å²) >= 11 is 0. The van der Waals surface area contributed by atoms with E-state index in [1.54, 1.807) is 0 Å². The van der Waals surface area contributed by atoms with Gasteiger partial charge >= 0.3 is 5.97 Å². The summed E-state index contributed by atoms with van der Waals surface area (Å²) in [7, 11) is 0. The fourth-order valence-electron chi connectivity index (χ4n) is 2.23. The van der Waals surface area contributed by atoms with Gasteiger partial charge in [-0.05, 0) is 25.7 Å². The molecule has 0 radical (unpaired) electrons. The number of amides is 1. The Hall–Kier alpha value is -1.06. The summed E-state index contributed by atoms with van der Waals surface area (Å²) in [5.41, 5.74) is 0. The second kappa shape index (κ2) is 6.62. The van der Waals surface area contributed by atoms with Gasteiger partial charge in [0.15, 0.2) is 0 Å². The minimum absolute atomic E-state index is 0.0827. The molecule has 1 aliphatic rings. The van der Waals surface area contributed by atoms with E-state index in [-0.39, 0.29) is 23.8 Å². The molecule has 1 saturated carbocycles. The Balaban J connectivity index is 2.26. The minimum Gasteiger partial charge on any atom is -0.481 e. The summed E-state index contributed by atoms with van der Waals surface area (Å²) in [4.78, 5) is 22.5.